The lowest BCUT2D eigenvalue weighted by atomic mass is 10.1. The van der Waals surface area contributed by atoms with Crippen LogP contribution in [-0.4, -0.2) is 32.3 Å². The van der Waals surface area contributed by atoms with Gasteiger partial charge in [0.15, 0.2) is 0 Å². The molecule has 0 aromatic carbocycles. The molecule has 3 N–H and O–H groups in total. The van der Waals surface area contributed by atoms with Gasteiger partial charge in [0, 0.05) is 6.54 Å². The molecule has 0 aromatic heterocycles. The zero-order valence-corrected chi connectivity index (χ0v) is 11.1. The number of nitrogens with one attached hydrogen (secondary N) is 1. The van der Waals surface area contributed by atoms with Crippen molar-refractivity contribution in [1.29, 1.82) is 0 Å². The van der Waals surface area contributed by atoms with Gasteiger partial charge in [-0.05, 0) is 32.4 Å². The Morgan fingerprint density at radius 3 is 2.56 bits per heavy atom. The molecule has 0 heterocycles. The van der Waals surface area contributed by atoms with E-state index >= 15 is 0 Å². The summed E-state index contributed by atoms with van der Waals surface area (Å²) < 4.78 is 5.82. The van der Waals surface area contributed by atoms with Crippen molar-refractivity contribution in [3.05, 3.63) is 0 Å². The quantitative estimate of drug-likeness (QED) is 0.506. The largest absolute Gasteiger partial charge is 0.377 e. The molecule has 0 fully saturated rings. The van der Waals surface area contributed by atoms with Crippen LogP contribution in [0.25, 0.3) is 0 Å². The third-order valence-corrected chi connectivity index (χ3v) is 2.78. The molecule has 16 heavy (non-hydrogen) atoms. The first-order chi connectivity index (χ1) is 7.85. The highest BCUT2D eigenvalue weighted by atomic mass is 16.5. The number of unbranched alkanes of at least 4 members (excludes halogenated alkanes) is 2. The van der Waals surface area contributed by atoms with E-state index in [0.29, 0.717) is 6.10 Å². The van der Waals surface area contributed by atoms with Gasteiger partial charge in [-0.3, -0.25) is 0 Å². The van der Waals surface area contributed by atoms with E-state index in [1.54, 1.807) is 0 Å². The number of nitrogens with two attached hydrogens (primary N) is 1. The molecule has 0 aliphatic carbocycles. The second-order valence-corrected chi connectivity index (χ2v) is 4.29. The van der Waals surface area contributed by atoms with Gasteiger partial charge in [0.1, 0.15) is 0 Å². The van der Waals surface area contributed by atoms with E-state index in [9.17, 15) is 0 Å². The average molecular weight is 230 g/mol. The Kier molecular flexibility index (Phi) is 12.9. The Hall–Kier alpha value is -0.120. The number of ether oxygens (including phenoxy) is 1. The molecule has 0 rings (SSSR count). The molecular weight excluding hydrogens is 200 g/mol. The van der Waals surface area contributed by atoms with Crippen LogP contribution in [-0.2, 0) is 4.74 Å². The fourth-order valence-corrected chi connectivity index (χ4v) is 1.68. The molecule has 98 valence electrons. The molecule has 0 aromatic rings. The summed E-state index contributed by atoms with van der Waals surface area (Å²) in [5.41, 5.74) is 5.41. The predicted octanol–water partition coefficient (Wildman–Crippen LogP) is 2.30. The van der Waals surface area contributed by atoms with Crippen LogP contribution in [0.2, 0.25) is 0 Å². The van der Waals surface area contributed by atoms with Crippen molar-refractivity contribution in [2.45, 2.75) is 58.5 Å². The van der Waals surface area contributed by atoms with E-state index in [4.69, 9.17) is 10.5 Å². The van der Waals surface area contributed by atoms with E-state index in [-0.39, 0.29) is 0 Å². The molecule has 0 saturated heterocycles. The monoisotopic (exact) mass is 230 g/mol. The number of hydrogen-bond acceptors (Lipinski definition) is 3. The third-order valence-electron chi connectivity index (χ3n) is 2.78. The van der Waals surface area contributed by atoms with E-state index in [1.807, 2.05) is 0 Å². The minimum absolute atomic E-state index is 0.461. The van der Waals surface area contributed by atoms with Crippen LogP contribution in [0.1, 0.15) is 52.4 Å². The first-order valence-electron chi connectivity index (χ1n) is 6.87. The molecule has 0 saturated carbocycles. The van der Waals surface area contributed by atoms with Crippen molar-refractivity contribution in [3.63, 3.8) is 0 Å². The summed E-state index contributed by atoms with van der Waals surface area (Å²) in [4.78, 5) is 0. The summed E-state index contributed by atoms with van der Waals surface area (Å²) >= 11 is 0. The lowest BCUT2D eigenvalue weighted by Gasteiger charge is -2.16. The van der Waals surface area contributed by atoms with Gasteiger partial charge in [-0.25, -0.2) is 0 Å². The van der Waals surface area contributed by atoms with Crippen molar-refractivity contribution < 1.29 is 4.74 Å². The topological polar surface area (TPSA) is 47.3 Å². The SMILES string of the molecule is CCCCCC(CC)OCCNCCCN. The first-order valence-corrected chi connectivity index (χ1v) is 6.87. The molecule has 0 bridgehead atoms. The van der Waals surface area contributed by atoms with Crippen LogP contribution >= 0.6 is 0 Å². The van der Waals surface area contributed by atoms with E-state index in [0.717, 1.165) is 39.1 Å². The zero-order chi connectivity index (χ0) is 12.1. The van der Waals surface area contributed by atoms with Gasteiger partial charge in [0.25, 0.3) is 0 Å². The van der Waals surface area contributed by atoms with Gasteiger partial charge in [-0.1, -0.05) is 33.1 Å². The fraction of sp³-hybridized carbons (Fsp3) is 1.00. The molecule has 0 spiro atoms. The second-order valence-electron chi connectivity index (χ2n) is 4.29. The molecule has 1 atom stereocenters. The van der Waals surface area contributed by atoms with E-state index in [2.05, 4.69) is 19.2 Å². The van der Waals surface area contributed by atoms with Crippen molar-refractivity contribution in [1.82, 2.24) is 5.32 Å². The minimum Gasteiger partial charge on any atom is -0.377 e. The van der Waals surface area contributed by atoms with Crippen molar-refractivity contribution in [2.24, 2.45) is 5.73 Å². The highest BCUT2D eigenvalue weighted by molar-refractivity contribution is 4.57. The maximum absolute atomic E-state index is 5.82. The summed E-state index contributed by atoms with van der Waals surface area (Å²) in [7, 11) is 0. The van der Waals surface area contributed by atoms with Crippen LogP contribution in [0, 0.1) is 0 Å². The van der Waals surface area contributed by atoms with Crippen LogP contribution in [0.5, 0.6) is 0 Å². The molecule has 0 aliphatic heterocycles. The average Bonchev–Trinajstić information content (AvgIpc) is 2.31. The van der Waals surface area contributed by atoms with Crippen molar-refractivity contribution in [2.75, 3.05) is 26.2 Å². The predicted molar refractivity (Wildman–Crippen MR) is 70.7 cm³/mol. The van der Waals surface area contributed by atoms with Gasteiger partial charge < -0.3 is 15.8 Å². The molecule has 0 aliphatic rings. The van der Waals surface area contributed by atoms with E-state index < -0.39 is 0 Å². The van der Waals surface area contributed by atoms with Crippen LogP contribution < -0.4 is 11.1 Å². The highest BCUT2D eigenvalue weighted by Crippen LogP contribution is 2.09. The zero-order valence-electron chi connectivity index (χ0n) is 11.1. The molecule has 0 radical (unpaired) electrons. The Bertz CT molecular complexity index is 131. The van der Waals surface area contributed by atoms with Crippen LogP contribution in [0.3, 0.4) is 0 Å². The summed E-state index contributed by atoms with van der Waals surface area (Å²) in [5, 5.41) is 3.33. The van der Waals surface area contributed by atoms with Crippen molar-refractivity contribution in [3.8, 4) is 0 Å². The smallest absolute Gasteiger partial charge is 0.0594 e. The highest BCUT2D eigenvalue weighted by Gasteiger charge is 2.05. The van der Waals surface area contributed by atoms with Gasteiger partial charge >= 0.3 is 0 Å². The van der Waals surface area contributed by atoms with Crippen LogP contribution in [0.15, 0.2) is 0 Å². The van der Waals surface area contributed by atoms with Crippen molar-refractivity contribution >= 4 is 0 Å². The lowest BCUT2D eigenvalue weighted by molar-refractivity contribution is 0.0452. The Labute approximate surface area is 101 Å². The molecule has 3 heteroatoms. The third kappa shape index (κ3) is 10.4. The molecular formula is C13H30N2O. The first kappa shape index (κ1) is 15.9. The maximum Gasteiger partial charge on any atom is 0.0594 e. The fourth-order valence-electron chi connectivity index (χ4n) is 1.68. The Morgan fingerprint density at radius 2 is 1.94 bits per heavy atom. The standard InChI is InChI=1S/C13H30N2O/c1-3-5-6-8-13(4-2)16-12-11-15-10-7-9-14/h13,15H,3-12,14H2,1-2H3. The van der Waals surface area contributed by atoms with Gasteiger partial charge in [0.2, 0.25) is 0 Å². The minimum atomic E-state index is 0.461. The lowest BCUT2D eigenvalue weighted by Crippen LogP contribution is -2.25. The molecule has 1 unspecified atom stereocenters. The Morgan fingerprint density at radius 1 is 1.12 bits per heavy atom. The molecule has 0 amide bonds. The van der Waals surface area contributed by atoms with E-state index in [1.165, 1.54) is 25.7 Å². The second kappa shape index (κ2) is 12.9. The van der Waals surface area contributed by atoms with Gasteiger partial charge in [-0.15, -0.1) is 0 Å². The number of rotatable bonds is 12. The maximum atomic E-state index is 5.82. The normalized spacial score (nSPS) is 12.9. The molecule has 3 nitrogen and oxygen atoms in total. The number of hydrogen-bond donors (Lipinski definition) is 2. The van der Waals surface area contributed by atoms with Gasteiger partial charge in [-0.2, -0.15) is 0 Å². The summed E-state index contributed by atoms with van der Waals surface area (Å²) in [6, 6.07) is 0. The summed E-state index contributed by atoms with van der Waals surface area (Å²) in [6.45, 7) is 8.00. The van der Waals surface area contributed by atoms with Gasteiger partial charge in [0.05, 0.1) is 12.7 Å². The Balaban J connectivity index is 3.26. The summed E-state index contributed by atoms with van der Waals surface area (Å²) in [5.74, 6) is 0. The summed E-state index contributed by atoms with van der Waals surface area (Å²) in [6.07, 6.45) is 7.78. The van der Waals surface area contributed by atoms with Crippen LogP contribution in [0.4, 0.5) is 0 Å².